The van der Waals surface area contributed by atoms with E-state index in [1.807, 2.05) is 4.90 Å². The molecule has 0 bridgehead atoms. The average molecular weight is 291 g/mol. The number of aromatic nitrogens is 2. The van der Waals surface area contributed by atoms with Crippen LogP contribution in [-0.2, 0) is 6.18 Å². The molecule has 3 rings (SSSR count). The highest BCUT2D eigenvalue weighted by atomic mass is 32.1. The summed E-state index contributed by atoms with van der Waals surface area (Å²) >= 11 is 0.656. The van der Waals surface area contributed by atoms with E-state index in [0.717, 1.165) is 25.9 Å². The third-order valence-electron chi connectivity index (χ3n) is 4.42. The van der Waals surface area contributed by atoms with E-state index < -0.39 is 11.2 Å². The number of alkyl halides is 3. The van der Waals surface area contributed by atoms with Crippen molar-refractivity contribution in [2.24, 2.45) is 5.41 Å². The Bertz CT molecular complexity index is 441. The first-order valence-corrected chi connectivity index (χ1v) is 7.46. The number of halogens is 3. The molecule has 2 fully saturated rings. The normalized spacial score (nSPS) is 23.2. The zero-order valence-electron chi connectivity index (χ0n) is 10.5. The van der Waals surface area contributed by atoms with Gasteiger partial charge in [0, 0.05) is 13.1 Å². The van der Waals surface area contributed by atoms with E-state index in [0.29, 0.717) is 21.9 Å². The highest BCUT2D eigenvalue weighted by Gasteiger charge is 2.39. The predicted molar refractivity (Wildman–Crippen MR) is 67.3 cm³/mol. The van der Waals surface area contributed by atoms with Crippen LogP contribution in [-0.4, -0.2) is 23.3 Å². The summed E-state index contributed by atoms with van der Waals surface area (Å²) in [5.74, 6) is 0. The molecule has 3 nitrogen and oxygen atoms in total. The van der Waals surface area contributed by atoms with Gasteiger partial charge in [-0.2, -0.15) is 13.2 Å². The third kappa shape index (κ3) is 2.57. The molecule has 0 atom stereocenters. The largest absolute Gasteiger partial charge is 0.445 e. The molecular weight excluding hydrogens is 275 g/mol. The van der Waals surface area contributed by atoms with Crippen LogP contribution in [0.3, 0.4) is 0 Å². The van der Waals surface area contributed by atoms with Gasteiger partial charge in [-0.25, -0.2) is 0 Å². The molecule has 1 aromatic heterocycles. The second kappa shape index (κ2) is 4.61. The first-order chi connectivity index (χ1) is 8.99. The standard InChI is InChI=1S/C12H16F3N3S/c13-12(14,15)9-16-17-10(19-9)18-7-5-11(6-8-18)3-1-2-4-11/h1-8H2. The quantitative estimate of drug-likeness (QED) is 0.789. The van der Waals surface area contributed by atoms with Crippen LogP contribution >= 0.6 is 11.3 Å². The second-order valence-corrected chi connectivity index (χ2v) is 6.54. The van der Waals surface area contributed by atoms with Gasteiger partial charge in [-0.15, -0.1) is 10.2 Å². The molecular formula is C12H16F3N3S. The summed E-state index contributed by atoms with van der Waals surface area (Å²) in [6.45, 7) is 1.62. The van der Waals surface area contributed by atoms with E-state index in [2.05, 4.69) is 10.2 Å². The van der Waals surface area contributed by atoms with Crippen LogP contribution in [0.1, 0.15) is 43.5 Å². The van der Waals surface area contributed by atoms with E-state index in [4.69, 9.17) is 0 Å². The summed E-state index contributed by atoms with van der Waals surface area (Å²) in [6, 6.07) is 0. The fraction of sp³-hybridized carbons (Fsp3) is 0.833. The van der Waals surface area contributed by atoms with Crippen molar-refractivity contribution in [2.45, 2.75) is 44.7 Å². The maximum absolute atomic E-state index is 12.5. The first kappa shape index (κ1) is 13.1. The van der Waals surface area contributed by atoms with Crippen molar-refractivity contribution in [1.82, 2.24) is 10.2 Å². The van der Waals surface area contributed by atoms with Crippen LogP contribution in [0.5, 0.6) is 0 Å². The Balaban J connectivity index is 1.66. The molecule has 7 heteroatoms. The van der Waals surface area contributed by atoms with E-state index >= 15 is 0 Å². The van der Waals surface area contributed by atoms with E-state index in [-0.39, 0.29) is 0 Å². The summed E-state index contributed by atoms with van der Waals surface area (Å²) in [7, 11) is 0. The number of rotatable bonds is 1. The van der Waals surface area contributed by atoms with Crippen molar-refractivity contribution < 1.29 is 13.2 Å². The molecule has 0 N–H and O–H groups in total. The lowest BCUT2D eigenvalue weighted by molar-refractivity contribution is -0.138. The molecule has 1 aliphatic heterocycles. The maximum Gasteiger partial charge on any atom is 0.445 e. The fourth-order valence-electron chi connectivity index (χ4n) is 3.26. The van der Waals surface area contributed by atoms with Gasteiger partial charge in [0.2, 0.25) is 10.1 Å². The summed E-state index contributed by atoms with van der Waals surface area (Å²) in [6.07, 6.45) is 2.95. The Morgan fingerprint density at radius 1 is 1.00 bits per heavy atom. The van der Waals surface area contributed by atoms with Gasteiger partial charge in [0.15, 0.2) is 0 Å². The summed E-state index contributed by atoms with van der Waals surface area (Å²) in [4.78, 5) is 1.95. The topological polar surface area (TPSA) is 29.0 Å². The van der Waals surface area contributed by atoms with Gasteiger partial charge in [-0.3, -0.25) is 0 Å². The van der Waals surface area contributed by atoms with Crippen LogP contribution in [0.2, 0.25) is 0 Å². The minimum atomic E-state index is -4.38. The minimum Gasteiger partial charge on any atom is -0.347 e. The molecule has 106 valence electrons. The number of hydrogen-bond acceptors (Lipinski definition) is 4. The first-order valence-electron chi connectivity index (χ1n) is 6.64. The lowest BCUT2D eigenvalue weighted by atomic mass is 9.77. The van der Waals surface area contributed by atoms with Crippen LogP contribution in [0.4, 0.5) is 18.3 Å². The van der Waals surface area contributed by atoms with Crippen molar-refractivity contribution in [2.75, 3.05) is 18.0 Å². The fourth-order valence-corrected chi connectivity index (χ4v) is 4.02. The van der Waals surface area contributed by atoms with Gasteiger partial charge in [0.25, 0.3) is 0 Å². The SMILES string of the molecule is FC(F)(F)c1nnc(N2CCC3(CCCC3)CC2)s1. The van der Waals surface area contributed by atoms with Crippen LogP contribution < -0.4 is 4.90 Å². The van der Waals surface area contributed by atoms with Gasteiger partial charge >= 0.3 is 6.18 Å². The molecule has 1 saturated carbocycles. The highest BCUT2D eigenvalue weighted by molar-refractivity contribution is 7.15. The Labute approximate surface area is 113 Å². The van der Waals surface area contributed by atoms with Crippen molar-refractivity contribution in [3.63, 3.8) is 0 Å². The molecule has 1 spiro atoms. The summed E-state index contributed by atoms with van der Waals surface area (Å²) in [5.41, 5.74) is 0.466. The molecule has 0 amide bonds. The Hall–Kier alpha value is -0.850. The number of piperidine rings is 1. The van der Waals surface area contributed by atoms with Gasteiger partial charge in [0.1, 0.15) is 0 Å². The highest BCUT2D eigenvalue weighted by Crippen LogP contribution is 2.47. The number of hydrogen-bond donors (Lipinski definition) is 0. The van der Waals surface area contributed by atoms with E-state index in [1.165, 1.54) is 25.7 Å². The van der Waals surface area contributed by atoms with E-state index in [9.17, 15) is 13.2 Å². The molecule has 2 aliphatic rings. The number of nitrogens with zero attached hydrogens (tertiary/aromatic N) is 3. The molecule has 2 heterocycles. The third-order valence-corrected chi connectivity index (χ3v) is 5.44. The molecule has 0 unspecified atom stereocenters. The summed E-state index contributed by atoms with van der Waals surface area (Å²) < 4.78 is 37.5. The monoisotopic (exact) mass is 291 g/mol. The predicted octanol–water partition coefficient (Wildman–Crippen LogP) is 3.72. The van der Waals surface area contributed by atoms with Crippen molar-refractivity contribution in [3.8, 4) is 0 Å². The van der Waals surface area contributed by atoms with Crippen molar-refractivity contribution in [3.05, 3.63) is 5.01 Å². The van der Waals surface area contributed by atoms with E-state index in [1.54, 1.807) is 0 Å². The average Bonchev–Trinajstić information content (AvgIpc) is 2.99. The summed E-state index contributed by atoms with van der Waals surface area (Å²) in [5, 5.41) is 6.52. The second-order valence-electron chi connectivity index (χ2n) is 5.58. The lowest BCUT2D eigenvalue weighted by Crippen LogP contribution is -2.38. The van der Waals surface area contributed by atoms with Crippen molar-refractivity contribution in [1.29, 1.82) is 0 Å². The van der Waals surface area contributed by atoms with Crippen LogP contribution in [0.15, 0.2) is 0 Å². The van der Waals surface area contributed by atoms with Gasteiger partial charge in [-0.05, 0) is 31.1 Å². The van der Waals surface area contributed by atoms with Gasteiger partial charge in [0.05, 0.1) is 0 Å². The van der Waals surface area contributed by atoms with Crippen LogP contribution in [0.25, 0.3) is 0 Å². The Morgan fingerprint density at radius 3 is 2.16 bits per heavy atom. The zero-order chi connectivity index (χ0) is 13.5. The van der Waals surface area contributed by atoms with Gasteiger partial charge < -0.3 is 4.90 Å². The minimum absolute atomic E-state index is 0.417. The van der Waals surface area contributed by atoms with Crippen LogP contribution in [0, 0.1) is 5.41 Å². The zero-order valence-corrected chi connectivity index (χ0v) is 11.4. The molecule has 0 radical (unpaired) electrons. The Morgan fingerprint density at radius 2 is 1.63 bits per heavy atom. The molecule has 0 aromatic carbocycles. The smallest absolute Gasteiger partial charge is 0.347 e. The van der Waals surface area contributed by atoms with Crippen molar-refractivity contribution >= 4 is 16.5 Å². The molecule has 1 aliphatic carbocycles. The molecule has 19 heavy (non-hydrogen) atoms. The molecule has 1 aromatic rings. The lowest BCUT2D eigenvalue weighted by Gasteiger charge is -2.39. The number of anilines is 1. The van der Waals surface area contributed by atoms with Gasteiger partial charge in [-0.1, -0.05) is 24.2 Å². The Kier molecular flexibility index (Phi) is 3.19. The molecule has 1 saturated heterocycles. The maximum atomic E-state index is 12.5.